The summed E-state index contributed by atoms with van der Waals surface area (Å²) in [6.07, 6.45) is 0. The van der Waals surface area contributed by atoms with Crippen LogP contribution in [-0.2, 0) is 13.1 Å². The number of aromatic hydroxyl groups is 1. The minimum atomic E-state index is 0. The number of thiophene rings is 1. The summed E-state index contributed by atoms with van der Waals surface area (Å²) in [5.41, 5.74) is 2.20. The molecule has 1 aromatic carbocycles. The van der Waals surface area contributed by atoms with Crippen molar-refractivity contribution in [3.63, 3.8) is 0 Å². The van der Waals surface area contributed by atoms with Gasteiger partial charge >= 0.3 is 0 Å². The highest BCUT2D eigenvalue weighted by molar-refractivity contribution is 14.0. The van der Waals surface area contributed by atoms with E-state index in [-0.39, 0.29) is 29.7 Å². The summed E-state index contributed by atoms with van der Waals surface area (Å²) in [6.45, 7) is 4.16. The minimum Gasteiger partial charge on any atom is -0.504 e. The Labute approximate surface area is 164 Å². The first-order chi connectivity index (χ1) is 11.1. The molecule has 0 saturated carbocycles. The van der Waals surface area contributed by atoms with E-state index in [4.69, 9.17) is 4.74 Å². The zero-order valence-electron chi connectivity index (χ0n) is 14.2. The van der Waals surface area contributed by atoms with Gasteiger partial charge < -0.3 is 20.1 Å². The number of methoxy groups -OCH3 is 1. The Morgan fingerprint density at radius 3 is 2.71 bits per heavy atom. The highest BCUT2D eigenvalue weighted by Crippen LogP contribution is 2.26. The smallest absolute Gasteiger partial charge is 0.194 e. The lowest BCUT2D eigenvalue weighted by molar-refractivity contribution is 0.373. The Balaban J connectivity index is 0.00000288. The summed E-state index contributed by atoms with van der Waals surface area (Å²) in [5, 5.41) is 17.4. The molecule has 1 aromatic heterocycles. The molecule has 2 rings (SSSR count). The van der Waals surface area contributed by atoms with E-state index in [2.05, 4.69) is 32.0 Å². The number of hydrogen-bond donors (Lipinski definition) is 2. The molecular weight excluding hydrogens is 437 g/mol. The first kappa shape index (κ1) is 20.6. The molecule has 0 unspecified atom stereocenters. The summed E-state index contributed by atoms with van der Waals surface area (Å²) in [5.74, 6) is 1.45. The Hall–Kier alpha value is -1.48. The molecule has 0 atom stereocenters. The van der Waals surface area contributed by atoms with Gasteiger partial charge in [0.05, 0.1) is 13.7 Å². The minimum absolute atomic E-state index is 0. The summed E-state index contributed by atoms with van der Waals surface area (Å²) >= 11 is 1.70. The van der Waals surface area contributed by atoms with Gasteiger partial charge in [0, 0.05) is 20.1 Å². The van der Waals surface area contributed by atoms with Crippen molar-refractivity contribution in [3.05, 3.63) is 46.2 Å². The lowest BCUT2D eigenvalue weighted by atomic mass is 10.2. The van der Waals surface area contributed by atoms with E-state index in [0.29, 0.717) is 12.3 Å². The number of phenolic OH excluding ortho intramolecular Hbond substituents is 1. The van der Waals surface area contributed by atoms with E-state index in [0.717, 1.165) is 24.6 Å². The fourth-order valence-corrected chi connectivity index (χ4v) is 2.86. The van der Waals surface area contributed by atoms with Gasteiger partial charge in [-0.15, -0.1) is 24.0 Å². The van der Waals surface area contributed by atoms with Gasteiger partial charge in [-0.1, -0.05) is 6.07 Å². The van der Waals surface area contributed by atoms with Crippen molar-refractivity contribution in [2.45, 2.75) is 20.0 Å². The zero-order chi connectivity index (χ0) is 16.7. The van der Waals surface area contributed by atoms with Gasteiger partial charge in [-0.2, -0.15) is 11.3 Å². The number of hydrogen-bond acceptors (Lipinski definition) is 4. The maximum atomic E-state index is 9.84. The van der Waals surface area contributed by atoms with Crippen LogP contribution in [0.1, 0.15) is 18.1 Å². The second-order valence-electron chi connectivity index (χ2n) is 5.16. The van der Waals surface area contributed by atoms with Crippen LogP contribution in [0, 0.1) is 0 Å². The Morgan fingerprint density at radius 1 is 1.33 bits per heavy atom. The molecule has 0 aliphatic carbocycles. The van der Waals surface area contributed by atoms with Crippen molar-refractivity contribution in [2.24, 2.45) is 4.99 Å². The molecule has 24 heavy (non-hydrogen) atoms. The molecule has 0 aliphatic rings. The summed E-state index contributed by atoms with van der Waals surface area (Å²) in [7, 11) is 3.56. The van der Waals surface area contributed by atoms with Crippen molar-refractivity contribution in [1.29, 1.82) is 0 Å². The molecule has 0 spiro atoms. The lowest BCUT2D eigenvalue weighted by Crippen LogP contribution is -2.38. The second kappa shape index (κ2) is 10.4. The van der Waals surface area contributed by atoms with Gasteiger partial charge in [0.1, 0.15) is 0 Å². The molecule has 0 bridgehead atoms. The number of aliphatic imine (C=N–C) groups is 1. The van der Waals surface area contributed by atoms with Crippen LogP contribution >= 0.6 is 35.3 Å². The van der Waals surface area contributed by atoms with Gasteiger partial charge in [-0.3, -0.25) is 0 Å². The maximum Gasteiger partial charge on any atom is 0.194 e. The van der Waals surface area contributed by atoms with Crippen LogP contribution in [0.25, 0.3) is 0 Å². The molecule has 5 nitrogen and oxygen atoms in total. The first-order valence-electron chi connectivity index (χ1n) is 7.50. The molecule has 0 radical (unpaired) electrons. The largest absolute Gasteiger partial charge is 0.504 e. The number of nitrogens with one attached hydrogen (secondary N) is 1. The molecule has 0 fully saturated rings. The van der Waals surface area contributed by atoms with E-state index in [1.54, 1.807) is 23.5 Å². The van der Waals surface area contributed by atoms with E-state index < -0.39 is 0 Å². The van der Waals surface area contributed by atoms with Crippen LogP contribution in [0.4, 0.5) is 0 Å². The van der Waals surface area contributed by atoms with Crippen LogP contribution in [-0.4, -0.2) is 36.7 Å². The van der Waals surface area contributed by atoms with Crippen molar-refractivity contribution in [1.82, 2.24) is 10.2 Å². The number of guanidine groups is 1. The summed E-state index contributed by atoms with van der Waals surface area (Å²) < 4.78 is 5.06. The molecule has 2 N–H and O–H groups in total. The maximum absolute atomic E-state index is 9.84. The fourth-order valence-electron chi connectivity index (χ4n) is 2.20. The third-order valence-electron chi connectivity index (χ3n) is 3.35. The highest BCUT2D eigenvalue weighted by atomic mass is 127. The number of phenols is 1. The van der Waals surface area contributed by atoms with Crippen LogP contribution in [0.3, 0.4) is 0 Å². The number of nitrogens with zero attached hydrogens (tertiary/aromatic N) is 2. The third kappa shape index (κ3) is 5.86. The topological polar surface area (TPSA) is 57.1 Å². The SMILES string of the molecule is CCNC(=NCc1ccc(OC)c(O)c1)N(C)Cc1ccsc1.I. The molecule has 0 saturated heterocycles. The van der Waals surface area contributed by atoms with Gasteiger partial charge in [-0.05, 0) is 47.0 Å². The van der Waals surface area contributed by atoms with Crippen molar-refractivity contribution in [3.8, 4) is 11.5 Å². The number of benzene rings is 1. The van der Waals surface area contributed by atoms with Crippen LogP contribution in [0.15, 0.2) is 40.0 Å². The molecule has 2 aromatic rings. The number of ether oxygens (including phenoxy) is 1. The standard InChI is InChI=1S/C17H23N3O2S.HI/c1-4-18-17(20(2)11-14-7-8-23-12-14)19-10-13-5-6-16(22-3)15(21)9-13;/h5-9,12,21H,4,10-11H2,1-3H3,(H,18,19);1H. The summed E-state index contributed by atoms with van der Waals surface area (Å²) in [4.78, 5) is 6.74. The van der Waals surface area contributed by atoms with Gasteiger partial charge in [0.2, 0.25) is 0 Å². The lowest BCUT2D eigenvalue weighted by Gasteiger charge is -2.21. The quantitative estimate of drug-likeness (QED) is 0.392. The fraction of sp³-hybridized carbons (Fsp3) is 0.353. The van der Waals surface area contributed by atoms with E-state index in [1.165, 1.54) is 12.7 Å². The zero-order valence-corrected chi connectivity index (χ0v) is 17.3. The first-order valence-corrected chi connectivity index (χ1v) is 8.44. The molecule has 0 amide bonds. The predicted octanol–water partition coefficient (Wildman–Crippen LogP) is 3.68. The highest BCUT2D eigenvalue weighted by Gasteiger charge is 2.07. The number of rotatable bonds is 6. The van der Waals surface area contributed by atoms with E-state index >= 15 is 0 Å². The predicted molar refractivity (Wildman–Crippen MR) is 111 cm³/mol. The van der Waals surface area contributed by atoms with E-state index in [1.807, 2.05) is 20.0 Å². The molecule has 7 heteroatoms. The van der Waals surface area contributed by atoms with Gasteiger partial charge in [0.15, 0.2) is 17.5 Å². The van der Waals surface area contributed by atoms with Crippen LogP contribution in [0.5, 0.6) is 11.5 Å². The van der Waals surface area contributed by atoms with Gasteiger partial charge in [-0.25, -0.2) is 4.99 Å². The average molecular weight is 461 g/mol. The summed E-state index contributed by atoms with van der Waals surface area (Å²) in [6, 6.07) is 7.46. The van der Waals surface area contributed by atoms with Crippen molar-refractivity contribution < 1.29 is 9.84 Å². The Kier molecular flexibility index (Phi) is 8.91. The third-order valence-corrected chi connectivity index (χ3v) is 4.08. The second-order valence-corrected chi connectivity index (χ2v) is 5.94. The molecule has 0 aliphatic heterocycles. The Bertz CT molecular complexity index is 647. The van der Waals surface area contributed by atoms with Crippen molar-refractivity contribution in [2.75, 3.05) is 20.7 Å². The molecule has 132 valence electrons. The monoisotopic (exact) mass is 461 g/mol. The van der Waals surface area contributed by atoms with Crippen LogP contribution in [0.2, 0.25) is 0 Å². The van der Waals surface area contributed by atoms with Crippen LogP contribution < -0.4 is 10.1 Å². The number of halogens is 1. The van der Waals surface area contributed by atoms with Crippen molar-refractivity contribution >= 4 is 41.3 Å². The average Bonchev–Trinajstić information content (AvgIpc) is 3.04. The normalized spacial score (nSPS) is 10.9. The molecule has 1 heterocycles. The van der Waals surface area contributed by atoms with Gasteiger partial charge in [0.25, 0.3) is 0 Å². The molecular formula is C17H24IN3O2S. The van der Waals surface area contributed by atoms with E-state index in [9.17, 15) is 5.11 Å². The Morgan fingerprint density at radius 2 is 2.12 bits per heavy atom.